The number of aromatic nitrogens is 1. The molecule has 0 N–H and O–H groups in total. The quantitative estimate of drug-likeness (QED) is 0.138. The Labute approximate surface area is 318 Å². The minimum Gasteiger partial charge on any atom is -0.310 e. The van der Waals surface area contributed by atoms with Crippen LogP contribution in [0.15, 0.2) is 200 Å². The number of hydrogen-bond acceptors (Lipinski definition) is 1. The molecule has 9 aromatic rings. The van der Waals surface area contributed by atoms with Crippen LogP contribution in [0.3, 0.4) is 0 Å². The fraction of sp³-hybridized carbons (Fsp3) is 0.0769. The molecule has 0 aliphatic heterocycles. The molecule has 260 valence electrons. The molecule has 0 atom stereocenters. The zero-order chi connectivity index (χ0) is 36.3. The smallest absolute Gasteiger partial charge is 0.0541 e. The SMILES string of the molecule is CCCCc1ccc(-c2ccc(N(c3ccc(-c4ccccc4)cc3)c3ccccc3-c3cccc(-n4c5ccccc5c5ccccc54)c3)cc2)cc1. The topological polar surface area (TPSA) is 8.17 Å². The summed E-state index contributed by atoms with van der Waals surface area (Å²) in [7, 11) is 0. The van der Waals surface area contributed by atoms with Crippen molar-refractivity contribution in [2.24, 2.45) is 0 Å². The predicted molar refractivity (Wildman–Crippen MR) is 230 cm³/mol. The van der Waals surface area contributed by atoms with Crippen molar-refractivity contribution >= 4 is 38.9 Å². The van der Waals surface area contributed by atoms with Gasteiger partial charge >= 0.3 is 0 Å². The molecule has 8 aromatic carbocycles. The Kier molecular flexibility index (Phi) is 9.08. The standard InChI is InChI=1S/C52H42N2/c1-2-3-14-38-25-27-40(28-26-38)42-31-35-45(36-32-42)53(44-33-29-41(30-34-44)39-15-5-4-6-16-39)50-22-10-7-19-47(50)43-17-13-18-46(37-43)54-51-23-11-8-20-48(51)49-21-9-12-24-52(49)54/h4-13,15-37H,2-3,14H2,1H3. The van der Waals surface area contributed by atoms with Gasteiger partial charge in [-0.25, -0.2) is 0 Å². The Hall–Kier alpha value is -6.64. The van der Waals surface area contributed by atoms with Crippen molar-refractivity contribution in [3.05, 3.63) is 206 Å². The first kappa shape index (κ1) is 33.2. The van der Waals surface area contributed by atoms with Gasteiger partial charge in [-0.3, -0.25) is 0 Å². The number of fused-ring (bicyclic) bond motifs is 3. The van der Waals surface area contributed by atoms with Gasteiger partial charge in [-0.1, -0.05) is 159 Å². The third-order valence-corrected chi connectivity index (χ3v) is 10.6. The summed E-state index contributed by atoms with van der Waals surface area (Å²) < 4.78 is 2.39. The second kappa shape index (κ2) is 14.8. The molecule has 0 aliphatic rings. The van der Waals surface area contributed by atoms with Crippen LogP contribution < -0.4 is 4.90 Å². The number of para-hydroxylation sites is 3. The van der Waals surface area contributed by atoms with Crippen molar-refractivity contribution in [1.82, 2.24) is 4.57 Å². The Morgan fingerprint density at radius 1 is 0.426 bits per heavy atom. The van der Waals surface area contributed by atoms with E-state index in [2.05, 4.69) is 217 Å². The molecule has 0 saturated carbocycles. The summed E-state index contributed by atoms with van der Waals surface area (Å²) in [5, 5.41) is 2.53. The third-order valence-electron chi connectivity index (χ3n) is 10.6. The molecule has 9 rings (SSSR count). The van der Waals surface area contributed by atoms with Gasteiger partial charge in [-0.15, -0.1) is 0 Å². The van der Waals surface area contributed by atoms with Gasteiger partial charge < -0.3 is 9.47 Å². The molecular formula is C52H42N2. The number of hydrogen-bond donors (Lipinski definition) is 0. The Morgan fingerprint density at radius 3 is 1.54 bits per heavy atom. The van der Waals surface area contributed by atoms with E-state index in [0.717, 1.165) is 34.7 Å². The highest BCUT2D eigenvalue weighted by Gasteiger charge is 2.19. The molecule has 0 fully saturated rings. The Bertz CT molecular complexity index is 2610. The molecule has 2 nitrogen and oxygen atoms in total. The molecular weight excluding hydrogens is 653 g/mol. The van der Waals surface area contributed by atoms with E-state index in [0.29, 0.717) is 0 Å². The molecule has 0 amide bonds. The second-order valence-electron chi connectivity index (χ2n) is 14.0. The van der Waals surface area contributed by atoms with Crippen LogP contribution in [-0.2, 0) is 6.42 Å². The highest BCUT2D eigenvalue weighted by Crippen LogP contribution is 2.42. The fourth-order valence-electron chi connectivity index (χ4n) is 7.83. The monoisotopic (exact) mass is 694 g/mol. The first-order chi connectivity index (χ1) is 26.7. The van der Waals surface area contributed by atoms with Crippen molar-refractivity contribution in [3.63, 3.8) is 0 Å². The zero-order valence-corrected chi connectivity index (χ0v) is 30.6. The third kappa shape index (κ3) is 6.37. The Balaban J connectivity index is 1.15. The van der Waals surface area contributed by atoms with Crippen LogP contribution in [0.4, 0.5) is 17.1 Å². The molecule has 0 bridgehead atoms. The number of benzene rings is 8. The molecule has 1 heterocycles. The summed E-state index contributed by atoms with van der Waals surface area (Å²) in [4.78, 5) is 2.40. The van der Waals surface area contributed by atoms with Gasteiger partial charge in [0.1, 0.15) is 0 Å². The van der Waals surface area contributed by atoms with E-state index >= 15 is 0 Å². The number of anilines is 3. The first-order valence-electron chi connectivity index (χ1n) is 19.1. The molecule has 0 aliphatic carbocycles. The molecule has 0 spiro atoms. The van der Waals surface area contributed by atoms with Gasteiger partial charge in [0.15, 0.2) is 0 Å². The Morgan fingerprint density at radius 2 is 0.926 bits per heavy atom. The second-order valence-corrected chi connectivity index (χ2v) is 14.0. The molecule has 1 aromatic heterocycles. The van der Waals surface area contributed by atoms with Crippen molar-refractivity contribution in [1.29, 1.82) is 0 Å². The molecule has 2 heteroatoms. The molecule has 54 heavy (non-hydrogen) atoms. The highest BCUT2D eigenvalue weighted by atomic mass is 15.1. The zero-order valence-electron chi connectivity index (χ0n) is 30.6. The summed E-state index contributed by atoms with van der Waals surface area (Å²) in [5.74, 6) is 0. The highest BCUT2D eigenvalue weighted by molar-refractivity contribution is 6.09. The van der Waals surface area contributed by atoms with E-state index in [9.17, 15) is 0 Å². The molecule has 0 unspecified atom stereocenters. The van der Waals surface area contributed by atoms with Crippen LogP contribution in [0.2, 0.25) is 0 Å². The first-order valence-corrected chi connectivity index (χ1v) is 19.1. The summed E-state index contributed by atoms with van der Waals surface area (Å²) >= 11 is 0. The normalized spacial score (nSPS) is 11.3. The van der Waals surface area contributed by atoms with E-state index in [1.54, 1.807) is 0 Å². The average molecular weight is 695 g/mol. The lowest BCUT2D eigenvalue weighted by molar-refractivity contribution is 0.795. The number of unbranched alkanes of at least 4 members (excludes halogenated alkanes) is 1. The van der Waals surface area contributed by atoms with E-state index in [-0.39, 0.29) is 0 Å². The minimum absolute atomic E-state index is 1.11. The lowest BCUT2D eigenvalue weighted by atomic mass is 9.99. The average Bonchev–Trinajstić information content (AvgIpc) is 3.59. The van der Waals surface area contributed by atoms with Crippen molar-refractivity contribution < 1.29 is 0 Å². The van der Waals surface area contributed by atoms with Crippen LogP contribution in [0.1, 0.15) is 25.3 Å². The summed E-state index contributed by atoms with van der Waals surface area (Å²) in [6, 6.07) is 72.9. The van der Waals surface area contributed by atoms with E-state index < -0.39 is 0 Å². The number of rotatable bonds is 10. The van der Waals surface area contributed by atoms with Gasteiger partial charge in [0.25, 0.3) is 0 Å². The van der Waals surface area contributed by atoms with Gasteiger partial charge in [0.05, 0.1) is 16.7 Å². The van der Waals surface area contributed by atoms with Crippen molar-refractivity contribution in [3.8, 4) is 39.1 Å². The molecule has 0 radical (unpaired) electrons. The van der Waals surface area contributed by atoms with Gasteiger partial charge in [0, 0.05) is 33.4 Å². The maximum Gasteiger partial charge on any atom is 0.0541 e. The van der Waals surface area contributed by atoms with E-state index in [1.165, 1.54) is 68.0 Å². The van der Waals surface area contributed by atoms with Crippen molar-refractivity contribution in [2.45, 2.75) is 26.2 Å². The van der Waals surface area contributed by atoms with Gasteiger partial charge in [-0.2, -0.15) is 0 Å². The van der Waals surface area contributed by atoms with Crippen molar-refractivity contribution in [2.75, 3.05) is 4.90 Å². The summed E-state index contributed by atoms with van der Waals surface area (Å²) in [6.07, 6.45) is 3.57. The van der Waals surface area contributed by atoms with Crippen LogP contribution in [0.25, 0.3) is 60.9 Å². The number of aryl methyl sites for hydroxylation is 1. The van der Waals surface area contributed by atoms with Gasteiger partial charge in [0.2, 0.25) is 0 Å². The fourth-order valence-corrected chi connectivity index (χ4v) is 7.83. The molecule has 0 saturated heterocycles. The van der Waals surface area contributed by atoms with E-state index in [4.69, 9.17) is 0 Å². The summed E-state index contributed by atoms with van der Waals surface area (Å²) in [6.45, 7) is 2.25. The summed E-state index contributed by atoms with van der Waals surface area (Å²) in [5.41, 5.74) is 15.5. The van der Waals surface area contributed by atoms with Gasteiger partial charge in [-0.05, 0) is 101 Å². The van der Waals surface area contributed by atoms with Crippen LogP contribution in [0, 0.1) is 0 Å². The maximum atomic E-state index is 2.40. The lowest BCUT2D eigenvalue weighted by Crippen LogP contribution is -2.11. The lowest BCUT2D eigenvalue weighted by Gasteiger charge is -2.28. The number of nitrogens with zero attached hydrogens (tertiary/aromatic N) is 2. The van der Waals surface area contributed by atoms with Crippen LogP contribution >= 0.6 is 0 Å². The minimum atomic E-state index is 1.11. The largest absolute Gasteiger partial charge is 0.310 e. The van der Waals surface area contributed by atoms with Crippen LogP contribution in [-0.4, -0.2) is 4.57 Å². The maximum absolute atomic E-state index is 2.40. The van der Waals surface area contributed by atoms with E-state index in [1.807, 2.05) is 0 Å². The van der Waals surface area contributed by atoms with Crippen LogP contribution in [0.5, 0.6) is 0 Å². The predicted octanol–water partition coefficient (Wildman–Crippen LogP) is 14.6.